The molecule has 2 unspecified atom stereocenters. The summed E-state index contributed by atoms with van der Waals surface area (Å²) in [4.78, 5) is 19.1. The highest BCUT2D eigenvalue weighted by molar-refractivity contribution is 6.00. The number of ether oxygens (including phenoxy) is 4. The maximum atomic E-state index is 16.8. The highest BCUT2D eigenvalue weighted by Gasteiger charge is 2.45. The zero-order valence-electron chi connectivity index (χ0n) is 24.4. The Balaban J connectivity index is 1.24. The van der Waals surface area contributed by atoms with Gasteiger partial charge in [0.05, 0.1) is 23.1 Å². The number of methoxy groups -OCH3 is 1. The summed E-state index contributed by atoms with van der Waals surface area (Å²) in [6.45, 7) is 4.21. The van der Waals surface area contributed by atoms with E-state index >= 15 is 4.39 Å². The molecule has 2 aromatic carbocycles. The van der Waals surface area contributed by atoms with Crippen molar-refractivity contribution in [3.63, 3.8) is 0 Å². The van der Waals surface area contributed by atoms with Crippen LogP contribution in [0.5, 0.6) is 11.8 Å². The molecule has 0 spiro atoms. The molecule has 2 bridgehead atoms. The van der Waals surface area contributed by atoms with E-state index in [2.05, 4.69) is 9.80 Å². The molecule has 10 heteroatoms. The Bertz CT molecular complexity index is 1660. The molecule has 0 radical (unpaired) electrons. The van der Waals surface area contributed by atoms with Gasteiger partial charge in [0.1, 0.15) is 29.4 Å². The van der Waals surface area contributed by atoms with Crippen molar-refractivity contribution in [1.82, 2.24) is 19.9 Å². The summed E-state index contributed by atoms with van der Waals surface area (Å²) in [7, 11) is 1.57. The molecule has 4 fully saturated rings. The quantitative estimate of drug-likeness (QED) is 0.255. The monoisotopic (exact) mass is 585 g/mol. The first kappa shape index (κ1) is 27.0. The number of rotatable bonds is 8. The number of hydrogen-bond donors (Lipinski definition) is 0. The van der Waals surface area contributed by atoms with Gasteiger partial charge in [-0.05, 0) is 74.5 Å². The predicted octanol–water partition coefficient (Wildman–Crippen LogP) is 5.34. The number of pyridine rings is 1. The average Bonchev–Trinajstić information content (AvgIpc) is 3.72. The number of nitrogens with zero attached hydrogens (tertiary/aromatic N) is 5. The molecule has 4 aliphatic rings. The second-order valence-electron chi connectivity index (χ2n) is 12.3. The lowest BCUT2D eigenvalue weighted by Gasteiger charge is -2.34. The molecule has 0 saturated carbocycles. The van der Waals surface area contributed by atoms with Gasteiger partial charge in [0.2, 0.25) is 0 Å². The third-order valence-corrected chi connectivity index (χ3v) is 9.70. The van der Waals surface area contributed by atoms with Crippen LogP contribution in [0.3, 0.4) is 0 Å². The van der Waals surface area contributed by atoms with E-state index in [1.54, 1.807) is 13.3 Å². The molecular formula is C33H36FN5O4. The van der Waals surface area contributed by atoms with Crippen LogP contribution in [-0.4, -0.2) is 84.3 Å². The van der Waals surface area contributed by atoms with Crippen LogP contribution >= 0.6 is 0 Å². The zero-order valence-corrected chi connectivity index (χ0v) is 24.4. The maximum Gasteiger partial charge on any atom is 0.319 e. The van der Waals surface area contributed by atoms with Gasteiger partial charge in [-0.1, -0.05) is 24.3 Å². The van der Waals surface area contributed by atoms with Crippen LogP contribution in [0.4, 0.5) is 10.2 Å². The number of hydrogen-bond acceptors (Lipinski definition) is 9. The maximum absolute atomic E-state index is 16.8. The first-order valence-corrected chi connectivity index (χ1v) is 15.4. The molecule has 9 nitrogen and oxygen atoms in total. The fraction of sp³-hybridized carbons (Fsp3) is 0.485. The molecule has 43 heavy (non-hydrogen) atoms. The zero-order chi connectivity index (χ0) is 29.0. The van der Waals surface area contributed by atoms with E-state index in [4.69, 9.17) is 33.9 Å². The minimum Gasteiger partial charge on any atom is -0.468 e. The number of anilines is 1. The van der Waals surface area contributed by atoms with Crippen molar-refractivity contribution in [3.8, 4) is 23.0 Å². The van der Waals surface area contributed by atoms with Gasteiger partial charge in [0, 0.05) is 32.0 Å². The van der Waals surface area contributed by atoms with Crippen molar-refractivity contribution in [1.29, 1.82) is 0 Å². The van der Waals surface area contributed by atoms with Crippen molar-refractivity contribution < 1.29 is 23.3 Å². The first-order chi connectivity index (χ1) is 21.1. The smallest absolute Gasteiger partial charge is 0.319 e. The molecule has 0 N–H and O–H groups in total. The molecule has 4 saturated heterocycles. The topological polar surface area (TPSA) is 82.1 Å². The van der Waals surface area contributed by atoms with Crippen molar-refractivity contribution in [2.24, 2.45) is 0 Å². The molecule has 6 heterocycles. The van der Waals surface area contributed by atoms with Gasteiger partial charge in [-0.3, -0.25) is 9.88 Å². The van der Waals surface area contributed by atoms with E-state index in [1.165, 1.54) is 12.8 Å². The van der Waals surface area contributed by atoms with Crippen molar-refractivity contribution in [3.05, 3.63) is 48.4 Å². The van der Waals surface area contributed by atoms with E-state index in [9.17, 15) is 0 Å². The van der Waals surface area contributed by atoms with E-state index in [0.717, 1.165) is 49.5 Å². The molecular weight excluding hydrogens is 549 g/mol. The summed E-state index contributed by atoms with van der Waals surface area (Å²) in [5.41, 5.74) is 1.08. The van der Waals surface area contributed by atoms with Crippen LogP contribution in [0.25, 0.3) is 32.9 Å². The van der Waals surface area contributed by atoms with Gasteiger partial charge in [-0.25, -0.2) is 4.39 Å². The second kappa shape index (κ2) is 10.8. The van der Waals surface area contributed by atoms with E-state index < -0.39 is 5.82 Å². The Kier molecular flexibility index (Phi) is 6.80. The third-order valence-electron chi connectivity index (χ3n) is 9.70. The molecule has 224 valence electrons. The second-order valence-corrected chi connectivity index (χ2v) is 12.3. The number of aromatic nitrogens is 3. The Morgan fingerprint density at radius 3 is 2.58 bits per heavy atom. The molecule has 4 aromatic rings. The lowest BCUT2D eigenvalue weighted by atomic mass is 9.95. The minimum atomic E-state index is -0.502. The lowest BCUT2D eigenvalue weighted by Crippen LogP contribution is -2.44. The average molecular weight is 586 g/mol. The number of halogens is 1. The highest BCUT2D eigenvalue weighted by atomic mass is 19.1. The summed E-state index contributed by atoms with van der Waals surface area (Å²) in [5, 5.41) is 2.36. The largest absolute Gasteiger partial charge is 0.468 e. The molecule has 4 aliphatic heterocycles. The molecule has 2 atom stereocenters. The van der Waals surface area contributed by atoms with Gasteiger partial charge in [-0.2, -0.15) is 9.97 Å². The van der Waals surface area contributed by atoms with Crippen molar-refractivity contribution in [2.75, 3.05) is 51.6 Å². The van der Waals surface area contributed by atoms with Crippen LogP contribution in [0, 0.1) is 5.82 Å². The van der Waals surface area contributed by atoms with Crippen LogP contribution in [0.2, 0.25) is 0 Å². The van der Waals surface area contributed by atoms with Gasteiger partial charge in [-0.15, -0.1) is 0 Å². The van der Waals surface area contributed by atoms with E-state index in [-0.39, 0.29) is 41.8 Å². The summed E-state index contributed by atoms with van der Waals surface area (Å²) >= 11 is 0. The molecule has 0 aliphatic carbocycles. The fourth-order valence-corrected chi connectivity index (χ4v) is 7.65. The standard InChI is InChI=1S/C33H36FN5O4/c1-40-20-42-24-14-21-6-2-3-7-25(21)26(15-24)29-28(34)30-27(16-35-29)31(38-17-22-8-9-23(18-38)43-22)37-32(36-30)41-19-33-10-4-12-39(33)13-5-11-33/h2-3,6-7,14-16,22-23H,4-5,8-13,17-20H2,1H3. The lowest BCUT2D eigenvalue weighted by molar-refractivity contribution is 0.0302. The predicted molar refractivity (Wildman–Crippen MR) is 161 cm³/mol. The van der Waals surface area contributed by atoms with Crippen LogP contribution < -0.4 is 14.4 Å². The van der Waals surface area contributed by atoms with Crippen molar-refractivity contribution >= 4 is 27.5 Å². The van der Waals surface area contributed by atoms with E-state index in [0.29, 0.717) is 42.2 Å². The normalized spacial score (nSPS) is 22.9. The van der Waals surface area contributed by atoms with Gasteiger partial charge >= 0.3 is 6.01 Å². The molecule has 2 aromatic heterocycles. The van der Waals surface area contributed by atoms with Crippen LogP contribution in [0.15, 0.2) is 42.6 Å². The summed E-state index contributed by atoms with van der Waals surface area (Å²) < 4.78 is 40.2. The first-order valence-electron chi connectivity index (χ1n) is 15.4. The highest BCUT2D eigenvalue weighted by Crippen LogP contribution is 2.41. The van der Waals surface area contributed by atoms with E-state index in [1.807, 2.05) is 36.4 Å². The summed E-state index contributed by atoms with van der Waals surface area (Å²) in [5.74, 6) is 0.732. The molecule has 0 amide bonds. The Hall–Kier alpha value is -3.60. The number of benzene rings is 2. The Morgan fingerprint density at radius 1 is 1.00 bits per heavy atom. The van der Waals surface area contributed by atoms with Gasteiger partial charge in [0.25, 0.3) is 0 Å². The van der Waals surface area contributed by atoms with Crippen LogP contribution in [0.1, 0.15) is 38.5 Å². The Labute approximate surface area is 249 Å². The SMILES string of the molecule is COCOc1cc(-c2ncc3c(N4CC5CCC(C4)O5)nc(OCC45CCCN4CCC5)nc3c2F)c2ccccc2c1. The van der Waals surface area contributed by atoms with Gasteiger partial charge in [0.15, 0.2) is 12.6 Å². The van der Waals surface area contributed by atoms with Crippen LogP contribution in [-0.2, 0) is 9.47 Å². The van der Waals surface area contributed by atoms with Crippen molar-refractivity contribution in [2.45, 2.75) is 56.3 Å². The third kappa shape index (κ3) is 4.76. The summed E-state index contributed by atoms with van der Waals surface area (Å²) in [6.07, 6.45) is 8.62. The number of fused-ring (bicyclic) bond motifs is 5. The Morgan fingerprint density at radius 2 is 1.79 bits per heavy atom. The fourth-order valence-electron chi connectivity index (χ4n) is 7.65. The summed E-state index contributed by atoms with van der Waals surface area (Å²) in [6, 6.07) is 11.8. The minimum absolute atomic E-state index is 0.0278. The van der Waals surface area contributed by atoms with Gasteiger partial charge < -0.3 is 23.8 Å². The molecule has 8 rings (SSSR count). The number of morpholine rings is 1.